The van der Waals surface area contributed by atoms with Crippen molar-refractivity contribution in [3.63, 3.8) is 0 Å². The Labute approximate surface area is 121 Å². The van der Waals surface area contributed by atoms with Gasteiger partial charge in [0, 0.05) is 25.2 Å². The average molecular weight is 276 g/mol. The summed E-state index contributed by atoms with van der Waals surface area (Å²) in [5.41, 5.74) is 0.902. The molecule has 20 heavy (non-hydrogen) atoms. The van der Waals surface area contributed by atoms with Gasteiger partial charge in [-0.3, -0.25) is 4.90 Å². The van der Waals surface area contributed by atoms with Crippen LogP contribution in [0.3, 0.4) is 0 Å². The summed E-state index contributed by atoms with van der Waals surface area (Å²) in [6.07, 6.45) is 4.92. The smallest absolute Gasteiger partial charge is 0.126 e. The van der Waals surface area contributed by atoms with E-state index < -0.39 is 0 Å². The molecule has 0 aromatic heterocycles. The van der Waals surface area contributed by atoms with E-state index in [1.807, 2.05) is 12.1 Å². The van der Waals surface area contributed by atoms with Gasteiger partial charge in [-0.25, -0.2) is 4.39 Å². The van der Waals surface area contributed by atoms with Gasteiger partial charge in [0.2, 0.25) is 0 Å². The summed E-state index contributed by atoms with van der Waals surface area (Å²) in [6.45, 7) is 5.63. The summed E-state index contributed by atoms with van der Waals surface area (Å²) in [7, 11) is 0. The first-order valence-electron chi connectivity index (χ1n) is 7.99. The molecule has 2 aliphatic rings. The Hall–Kier alpha value is -0.930. The van der Waals surface area contributed by atoms with Crippen molar-refractivity contribution in [2.24, 2.45) is 0 Å². The molecule has 1 aromatic carbocycles. The second kappa shape index (κ2) is 6.23. The van der Waals surface area contributed by atoms with Crippen LogP contribution in [-0.4, -0.2) is 36.6 Å². The van der Waals surface area contributed by atoms with Gasteiger partial charge in [-0.1, -0.05) is 25.1 Å². The minimum Gasteiger partial charge on any atom is -0.313 e. The van der Waals surface area contributed by atoms with Crippen LogP contribution in [0, 0.1) is 5.82 Å². The Bertz CT molecular complexity index is 438. The normalized spacial score (nSPS) is 25.8. The van der Waals surface area contributed by atoms with E-state index in [0.29, 0.717) is 12.0 Å². The van der Waals surface area contributed by atoms with Gasteiger partial charge in [0.25, 0.3) is 0 Å². The highest BCUT2D eigenvalue weighted by Gasteiger charge is 2.32. The van der Waals surface area contributed by atoms with E-state index in [2.05, 4.69) is 17.1 Å². The standard InChI is InChI=1S/C17H25FN2/c1-2-20(15-7-8-15)10-9-19-14-11-13(12-14)16-5-3-4-6-17(16)18/h3-6,13-15,19H,2,7-12H2,1H3. The summed E-state index contributed by atoms with van der Waals surface area (Å²) in [4.78, 5) is 2.57. The lowest BCUT2D eigenvalue weighted by molar-refractivity contribution is 0.242. The Morgan fingerprint density at radius 3 is 2.65 bits per heavy atom. The molecule has 0 radical (unpaired) electrons. The van der Waals surface area contributed by atoms with Gasteiger partial charge in [-0.15, -0.1) is 0 Å². The van der Waals surface area contributed by atoms with E-state index in [1.54, 1.807) is 12.1 Å². The fourth-order valence-corrected chi connectivity index (χ4v) is 3.30. The van der Waals surface area contributed by atoms with Gasteiger partial charge in [0.05, 0.1) is 0 Å². The molecule has 3 rings (SSSR count). The predicted molar refractivity (Wildman–Crippen MR) is 80.4 cm³/mol. The van der Waals surface area contributed by atoms with Crippen LogP contribution < -0.4 is 5.32 Å². The Balaban J connectivity index is 1.37. The van der Waals surface area contributed by atoms with E-state index in [9.17, 15) is 4.39 Å². The number of halogens is 1. The van der Waals surface area contributed by atoms with Crippen molar-refractivity contribution in [2.75, 3.05) is 19.6 Å². The lowest BCUT2D eigenvalue weighted by atomic mass is 9.75. The minimum atomic E-state index is -0.0400. The van der Waals surface area contributed by atoms with Gasteiger partial charge in [-0.05, 0) is 49.8 Å². The van der Waals surface area contributed by atoms with Crippen LogP contribution in [0.2, 0.25) is 0 Å². The maximum absolute atomic E-state index is 13.7. The van der Waals surface area contributed by atoms with Crippen LogP contribution in [0.15, 0.2) is 24.3 Å². The lowest BCUT2D eigenvalue weighted by Gasteiger charge is -2.37. The quantitative estimate of drug-likeness (QED) is 0.823. The number of hydrogen-bond acceptors (Lipinski definition) is 2. The highest BCUT2D eigenvalue weighted by atomic mass is 19.1. The molecule has 2 saturated carbocycles. The maximum atomic E-state index is 13.7. The van der Waals surface area contributed by atoms with Crippen molar-refractivity contribution in [1.82, 2.24) is 10.2 Å². The van der Waals surface area contributed by atoms with Crippen molar-refractivity contribution >= 4 is 0 Å². The van der Waals surface area contributed by atoms with E-state index >= 15 is 0 Å². The van der Waals surface area contributed by atoms with Crippen molar-refractivity contribution in [1.29, 1.82) is 0 Å². The van der Waals surface area contributed by atoms with Crippen LogP contribution in [0.25, 0.3) is 0 Å². The third kappa shape index (κ3) is 3.21. The third-order valence-electron chi connectivity index (χ3n) is 4.78. The molecule has 2 aliphatic carbocycles. The van der Waals surface area contributed by atoms with Crippen LogP contribution in [0.4, 0.5) is 4.39 Å². The number of nitrogens with zero attached hydrogens (tertiary/aromatic N) is 1. The number of likely N-dealkylation sites (N-methyl/N-ethyl adjacent to an activating group) is 1. The van der Waals surface area contributed by atoms with E-state index in [-0.39, 0.29) is 5.82 Å². The molecule has 0 heterocycles. The SMILES string of the molecule is CCN(CCNC1CC(c2ccccc2F)C1)C1CC1. The summed E-state index contributed by atoms with van der Waals surface area (Å²) in [5.74, 6) is 0.376. The van der Waals surface area contributed by atoms with Gasteiger partial charge in [-0.2, -0.15) is 0 Å². The molecule has 1 aromatic rings. The van der Waals surface area contributed by atoms with E-state index in [1.165, 1.54) is 12.8 Å². The van der Waals surface area contributed by atoms with Gasteiger partial charge < -0.3 is 5.32 Å². The van der Waals surface area contributed by atoms with Crippen LogP contribution in [0.1, 0.15) is 44.1 Å². The molecule has 0 aliphatic heterocycles. The van der Waals surface area contributed by atoms with Gasteiger partial charge in [0.15, 0.2) is 0 Å². The second-order valence-electron chi connectivity index (χ2n) is 6.20. The largest absolute Gasteiger partial charge is 0.313 e. The van der Waals surface area contributed by atoms with Gasteiger partial charge in [0.1, 0.15) is 5.82 Å². The van der Waals surface area contributed by atoms with Crippen molar-refractivity contribution in [2.45, 2.75) is 50.6 Å². The molecule has 0 bridgehead atoms. The molecule has 0 amide bonds. The third-order valence-corrected chi connectivity index (χ3v) is 4.78. The predicted octanol–water partition coefficient (Wildman–Crippen LogP) is 3.15. The zero-order valence-corrected chi connectivity index (χ0v) is 12.3. The van der Waals surface area contributed by atoms with Crippen LogP contribution >= 0.6 is 0 Å². The maximum Gasteiger partial charge on any atom is 0.126 e. The molecule has 1 N–H and O–H groups in total. The van der Waals surface area contributed by atoms with Crippen LogP contribution in [0.5, 0.6) is 0 Å². The number of rotatable bonds is 7. The molecular formula is C17H25FN2. The summed E-state index contributed by atoms with van der Waals surface area (Å²) < 4.78 is 13.7. The Morgan fingerprint density at radius 1 is 1.25 bits per heavy atom. The molecule has 3 heteroatoms. The van der Waals surface area contributed by atoms with Gasteiger partial charge >= 0.3 is 0 Å². The Kier molecular flexibility index (Phi) is 4.37. The average Bonchev–Trinajstić information content (AvgIpc) is 3.22. The molecule has 0 unspecified atom stereocenters. The summed E-state index contributed by atoms with van der Waals surface area (Å²) >= 11 is 0. The fourth-order valence-electron chi connectivity index (χ4n) is 3.30. The van der Waals surface area contributed by atoms with Crippen LogP contribution in [-0.2, 0) is 0 Å². The lowest BCUT2D eigenvalue weighted by Crippen LogP contribution is -2.44. The second-order valence-corrected chi connectivity index (χ2v) is 6.20. The van der Waals surface area contributed by atoms with E-state index in [4.69, 9.17) is 0 Å². The zero-order valence-electron chi connectivity index (χ0n) is 12.3. The first kappa shape index (κ1) is 14.0. The number of benzene rings is 1. The Morgan fingerprint density at radius 2 is 2.00 bits per heavy atom. The first-order valence-corrected chi connectivity index (χ1v) is 7.99. The monoisotopic (exact) mass is 276 g/mol. The zero-order chi connectivity index (χ0) is 13.9. The minimum absolute atomic E-state index is 0.0400. The summed E-state index contributed by atoms with van der Waals surface area (Å²) in [6, 6.07) is 8.65. The number of nitrogens with one attached hydrogen (secondary N) is 1. The van der Waals surface area contributed by atoms with Crippen molar-refractivity contribution < 1.29 is 4.39 Å². The topological polar surface area (TPSA) is 15.3 Å². The first-order chi connectivity index (χ1) is 9.78. The number of hydrogen-bond donors (Lipinski definition) is 1. The molecule has 2 fully saturated rings. The van der Waals surface area contributed by atoms with E-state index in [0.717, 1.165) is 44.1 Å². The fraction of sp³-hybridized carbons (Fsp3) is 0.647. The molecule has 0 saturated heterocycles. The highest BCUT2D eigenvalue weighted by Crippen LogP contribution is 2.37. The molecule has 0 spiro atoms. The van der Waals surface area contributed by atoms with Crippen molar-refractivity contribution in [3.8, 4) is 0 Å². The molecule has 2 nitrogen and oxygen atoms in total. The molecule has 110 valence electrons. The van der Waals surface area contributed by atoms with Crippen molar-refractivity contribution in [3.05, 3.63) is 35.6 Å². The molecule has 0 atom stereocenters. The highest BCUT2D eigenvalue weighted by molar-refractivity contribution is 5.24. The molecular weight excluding hydrogens is 251 g/mol. The summed E-state index contributed by atoms with van der Waals surface area (Å²) in [5, 5.41) is 3.62.